The van der Waals surface area contributed by atoms with E-state index in [4.69, 9.17) is 9.84 Å². The highest BCUT2D eigenvalue weighted by Gasteiger charge is 2.01. The lowest BCUT2D eigenvalue weighted by atomic mass is 10.0. The standard InChI is InChI=1S/C15H14O3/c1-10(7-15(16)17)11-3-4-13-9-14(18-2)6-5-12(13)8-11/h3-9H,1-2H3,(H,16,17)/b10-7-. The van der Waals surface area contributed by atoms with Gasteiger partial charge in [-0.15, -0.1) is 0 Å². The quantitative estimate of drug-likeness (QED) is 0.840. The molecule has 0 radical (unpaired) electrons. The fourth-order valence-electron chi connectivity index (χ4n) is 1.86. The van der Waals surface area contributed by atoms with Gasteiger partial charge < -0.3 is 9.84 Å². The van der Waals surface area contributed by atoms with Gasteiger partial charge in [-0.1, -0.05) is 18.2 Å². The number of aliphatic carboxylic acids is 1. The second-order valence-corrected chi connectivity index (χ2v) is 4.09. The predicted molar refractivity (Wildman–Crippen MR) is 71.8 cm³/mol. The number of carbonyl (C=O) groups is 1. The molecule has 92 valence electrons. The van der Waals surface area contributed by atoms with Crippen LogP contribution in [0.15, 0.2) is 42.5 Å². The van der Waals surface area contributed by atoms with Gasteiger partial charge in [-0.25, -0.2) is 4.79 Å². The van der Waals surface area contributed by atoms with Crippen LogP contribution in [0.1, 0.15) is 12.5 Å². The molecule has 0 spiro atoms. The minimum absolute atomic E-state index is 0.736. The Labute approximate surface area is 105 Å². The van der Waals surface area contributed by atoms with Crippen LogP contribution in [-0.2, 0) is 4.79 Å². The van der Waals surface area contributed by atoms with Crippen LogP contribution in [0.5, 0.6) is 5.75 Å². The van der Waals surface area contributed by atoms with Crippen molar-refractivity contribution in [3.63, 3.8) is 0 Å². The van der Waals surface area contributed by atoms with E-state index in [1.165, 1.54) is 6.08 Å². The molecule has 0 aliphatic heterocycles. The Morgan fingerprint density at radius 3 is 2.50 bits per heavy atom. The Bertz CT molecular complexity index is 627. The summed E-state index contributed by atoms with van der Waals surface area (Å²) in [7, 11) is 1.63. The molecule has 2 aromatic carbocycles. The average molecular weight is 242 g/mol. The highest BCUT2D eigenvalue weighted by atomic mass is 16.5. The van der Waals surface area contributed by atoms with Gasteiger partial charge in [-0.2, -0.15) is 0 Å². The molecular formula is C15H14O3. The van der Waals surface area contributed by atoms with Gasteiger partial charge >= 0.3 is 5.97 Å². The summed E-state index contributed by atoms with van der Waals surface area (Å²) >= 11 is 0. The zero-order valence-corrected chi connectivity index (χ0v) is 10.3. The molecule has 2 rings (SSSR count). The Balaban J connectivity index is 2.48. The first kappa shape index (κ1) is 12.2. The zero-order valence-electron chi connectivity index (χ0n) is 10.3. The number of benzene rings is 2. The molecule has 0 bridgehead atoms. The lowest BCUT2D eigenvalue weighted by Gasteiger charge is -2.05. The van der Waals surface area contributed by atoms with E-state index in [0.29, 0.717) is 0 Å². The minimum Gasteiger partial charge on any atom is -0.497 e. The van der Waals surface area contributed by atoms with Gasteiger partial charge in [0.1, 0.15) is 5.75 Å². The number of rotatable bonds is 3. The van der Waals surface area contributed by atoms with Crippen molar-refractivity contribution >= 4 is 22.3 Å². The molecule has 0 aliphatic rings. The minimum atomic E-state index is -0.928. The molecule has 3 nitrogen and oxygen atoms in total. The SMILES string of the molecule is COc1ccc2cc(/C(C)=C\C(=O)O)ccc2c1. The highest BCUT2D eigenvalue weighted by Crippen LogP contribution is 2.24. The third-order valence-corrected chi connectivity index (χ3v) is 2.84. The van der Waals surface area contributed by atoms with Crippen LogP contribution in [0.2, 0.25) is 0 Å². The lowest BCUT2D eigenvalue weighted by Crippen LogP contribution is -1.90. The summed E-state index contributed by atoms with van der Waals surface area (Å²) in [6.45, 7) is 1.79. The maximum absolute atomic E-state index is 10.6. The van der Waals surface area contributed by atoms with E-state index in [-0.39, 0.29) is 0 Å². The highest BCUT2D eigenvalue weighted by molar-refractivity contribution is 5.92. The van der Waals surface area contributed by atoms with Crippen molar-refractivity contribution in [1.82, 2.24) is 0 Å². The summed E-state index contributed by atoms with van der Waals surface area (Å²) in [6, 6.07) is 11.7. The third kappa shape index (κ3) is 2.51. The number of fused-ring (bicyclic) bond motifs is 1. The Morgan fingerprint density at radius 1 is 1.17 bits per heavy atom. The van der Waals surface area contributed by atoms with Crippen molar-refractivity contribution in [2.24, 2.45) is 0 Å². The monoisotopic (exact) mass is 242 g/mol. The molecule has 0 saturated heterocycles. The van der Waals surface area contributed by atoms with Crippen LogP contribution in [0.25, 0.3) is 16.3 Å². The fraction of sp³-hybridized carbons (Fsp3) is 0.133. The topological polar surface area (TPSA) is 46.5 Å². The van der Waals surface area contributed by atoms with E-state index in [1.807, 2.05) is 36.4 Å². The summed E-state index contributed by atoms with van der Waals surface area (Å²) in [6.07, 6.45) is 1.21. The molecule has 1 N–H and O–H groups in total. The first-order chi connectivity index (χ1) is 8.60. The molecule has 18 heavy (non-hydrogen) atoms. The lowest BCUT2D eigenvalue weighted by molar-refractivity contribution is -0.131. The largest absolute Gasteiger partial charge is 0.497 e. The van der Waals surface area contributed by atoms with Crippen molar-refractivity contribution in [3.8, 4) is 5.75 Å². The number of methoxy groups -OCH3 is 1. The molecule has 0 aliphatic carbocycles. The van der Waals surface area contributed by atoms with Gasteiger partial charge in [0.25, 0.3) is 0 Å². The Morgan fingerprint density at radius 2 is 1.83 bits per heavy atom. The number of carboxylic acids is 1. The molecule has 0 atom stereocenters. The Hall–Kier alpha value is -2.29. The van der Waals surface area contributed by atoms with Crippen molar-refractivity contribution < 1.29 is 14.6 Å². The van der Waals surface area contributed by atoms with Crippen molar-refractivity contribution in [2.75, 3.05) is 7.11 Å². The molecule has 0 fully saturated rings. The van der Waals surface area contributed by atoms with Gasteiger partial charge in [0, 0.05) is 6.08 Å². The zero-order chi connectivity index (χ0) is 13.1. The molecule has 0 unspecified atom stereocenters. The van der Waals surface area contributed by atoms with E-state index in [2.05, 4.69) is 0 Å². The predicted octanol–water partition coefficient (Wildman–Crippen LogP) is 3.34. The number of ether oxygens (including phenoxy) is 1. The number of carboxylic acid groups (broad SMARTS) is 1. The molecule has 0 amide bonds. The summed E-state index contributed by atoms with van der Waals surface area (Å²) in [4.78, 5) is 10.6. The Kier molecular flexibility index (Phi) is 3.33. The van der Waals surface area contributed by atoms with Gasteiger partial charge in [-0.3, -0.25) is 0 Å². The van der Waals surface area contributed by atoms with Crippen LogP contribution in [0, 0.1) is 0 Å². The maximum Gasteiger partial charge on any atom is 0.328 e. The van der Waals surface area contributed by atoms with Crippen LogP contribution in [-0.4, -0.2) is 18.2 Å². The van der Waals surface area contributed by atoms with E-state index in [9.17, 15) is 4.79 Å². The number of allylic oxidation sites excluding steroid dienone is 1. The second-order valence-electron chi connectivity index (χ2n) is 4.09. The van der Waals surface area contributed by atoms with Crippen LogP contribution in [0.4, 0.5) is 0 Å². The van der Waals surface area contributed by atoms with Gasteiger partial charge in [0.15, 0.2) is 0 Å². The van der Waals surface area contributed by atoms with Crippen molar-refractivity contribution in [3.05, 3.63) is 48.0 Å². The normalized spacial score (nSPS) is 11.6. The van der Waals surface area contributed by atoms with Gasteiger partial charge in [-0.05, 0) is 47.0 Å². The van der Waals surface area contributed by atoms with E-state index >= 15 is 0 Å². The first-order valence-electron chi connectivity index (χ1n) is 5.59. The molecule has 0 aromatic heterocycles. The smallest absolute Gasteiger partial charge is 0.328 e. The number of hydrogen-bond donors (Lipinski definition) is 1. The van der Waals surface area contributed by atoms with Crippen LogP contribution >= 0.6 is 0 Å². The van der Waals surface area contributed by atoms with E-state index in [0.717, 1.165) is 27.7 Å². The molecule has 2 aromatic rings. The summed E-state index contributed by atoms with van der Waals surface area (Å²) in [5.41, 5.74) is 1.65. The fourth-order valence-corrected chi connectivity index (χ4v) is 1.86. The van der Waals surface area contributed by atoms with Crippen LogP contribution < -0.4 is 4.74 Å². The summed E-state index contributed by atoms with van der Waals surface area (Å²) < 4.78 is 5.16. The van der Waals surface area contributed by atoms with E-state index in [1.54, 1.807) is 14.0 Å². The van der Waals surface area contributed by atoms with Crippen LogP contribution in [0.3, 0.4) is 0 Å². The molecule has 0 heterocycles. The molecule has 3 heteroatoms. The second kappa shape index (κ2) is 4.92. The van der Waals surface area contributed by atoms with Gasteiger partial charge in [0.05, 0.1) is 7.11 Å². The average Bonchev–Trinajstić information content (AvgIpc) is 2.36. The summed E-state index contributed by atoms with van der Waals surface area (Å²) in [5, 5.41) is 10.9. The third-order valence-electron chi connectivity index (χ3n) is 2.84. The van der Waals surface area contributed by atoms with Crippen molar-refractivity contribution in [1.29, 1.82) is 0 Å². The van der Waals surface area contributed by atoms with E-state index < -0.39 is 5.97 Å². The molecular weight excluding hydrogens is 228 g/mol. The molecule has 0 saturated carbocycles. The maximum atomic E-state index is 10.6. The van der Waals surface area contributed by atoms with Crippen molar-refractivity contribution in [2.45, 2.75) is 6.92 Å². The summed E-state index contributed by atoms with van der Waals surface area (Å²) in [5.74, 6) is -0.115. The first-order valence-corrected chi connectivity index (χ1v) is 5.59. The number of hydrogen-bond acceptors (Lipinski definition) is 2. The van der Waals surface area contributed by atoms with Gasteiger partial charge in [0.2, 0.25) is 0 Å².